The zero-order valence-corrected chi connectivity index (χ0v) is 9.82. The van der Waals surface area contributed by atoms with Gasteiger partial charge in [-0.25, -0.2) is 0 Å². The molecular weight excluding hydrogens is 200 g/mol. The van der Waals surface area contributed by atoms with Crippen LogP contribution in [0.5, 0.6) is 0 Å². The Hall–Kier alpha value is -0.850. The highest BCUT2D eigenvalue weighted by molar-refractivity contribution is 5.07. The maximum Gasteiger partial charge on any atom is 0.0832 e. The molecule has 0 aromatic rings. The van der Waals surface area contributed by atoms with E-state index in [0.717, 1.165) is 26.2 Å². The van der Waals surface area contributed by atoms with E-state index in [9.17, 15) is 0 Å². The highest BCUT2D eigenvalue weighted by Gasteiger charge is 2.20. The van der Waals surface area contributed by atoms with E-state index in [2.05, 4.69) is 17.0 Å². The van der Waals surface area contributed by atoms with Crippen LogP contribution in [0.3, 0.4) is 0 Å². The molecule has 88 valence electrons. The fraction of sp³-hybridized carbons (Fsp3) is 0.769. The normalized spacial score (nSPS) is 27.2. The molecule has 0 spiro atoms. The summed E-state index contributed by atoms with van der Waals surface area (Å²) in [5.74, 6) is 0. The predicted molar refractivity (Wildman–Crippen MR) is 63.0 cm³/mol. The molecule has 0 aromatic heterocycles. The number of nitrogens with zero attached hydrogens (tertiary/aromatic N) is 2. The smallest absolute Gasteiger partial charge is 0.0832 e. The third kappa shape index (κ3) is 3.33. The SMILES string of the molecule is N#CCC1CN(CC2=CCCCC2)CCO1. The molecule has 2 rings (SSSR count). The second-order valence-corrected chi connectivity index (χ2v) is 4.70. The van der Waals surface area contributed by atoms with Crippen molar-refractivity contribution in [1.29, 1.82) is 5.26 Å². The second kappa shape index (κ2) is 6.03. The molecule has 1 aliphatic carbocycles. The fourth-order valence-corrected chi connectivity index (χ4v) is 2.48. The van der Waals surface area contributed by atoms with Gasteiger partial charge in [-0.3, -0.25) is 4.90 Å². The number of allylic oxidation sites excluding steroid dienone is 1. The molecule has 3 heteroatoms. The van der Waals surface area contributed by atoms with Gasteiger partial charge >= 0.3 is 0 Å². The molecule has 0 N–H and O–H groups in total. The zero-order chi connectivity index (χ0) is 11.2. The van der Waals surface area contributed by atoms with Crippen molar-refractivity contribution < 1.29 is 4.74 Å². The van der Waals surface area contributed by atoms with Crippen LogP contribution >= 0.6 is 0 Å². The van der Waals surface area contributed by atoms with Gasteiger partial charge in [-0.15, -0.1) is 0 Å². The lowest BCUT2D eigenvalue weighted by Gasteiger charge is -2.33. The number of hydrogen-bond acceptors (Lipinski definition) is 3. The van der Waals surface area contributed by atoms with E-state index in [0.29, 0.717) is 6.42 Å². The molecule has 1 unspecified atom stereocenters. The van der Waals surface area contributed by atoms with Crippen LogP contribution < -0.4 is 0 Å². The molecule has 3 nitrogen and oxygen atoms in total. The van der Waals surface area contributed by atoms with Crippen LogP contribution in [0.25, 0.3) is 0 Å². The van der Waals surface area contributed by atoms with E-state index in [1.807, 2.05) is 0 Å². The Balaban J connectivity index is 1.80. The summed E-state index contributed by atoms with van der Waals surface area (Å²) in [5.41, 5.74) is 1.59. The summed E-state index contributed by atoms with van der Waals surface area (Å²) >= 11 is 0. The van der Waals surface area contributed by atoms with Gasteiger partial charge in [-0.05, 0) is 25.7 Å². The van der Waals surface area contributed by atoms with Crippen molar-refractivity contribution in [3.63, 3.8) is 0 Å². The Morgan fingerprint density at radius 3 is 3.19 bits per heavy atom. The monoisotopic (exact) mass is 220 g/mol. The minimum Gasteiger partial charge on any atom is -0.374 e. The van der Waals surface area contributed by atoms with Gasteiger partial charge in [0.15, 0.2) is 0 Å². The van der Waals surface area contributed by atoms with Crippen LogP contribution in [0.4, 0.5) is 0 Å². The van der Waals surface area contributed by atoms with E-state index in [1.54, 1.807) is 5.57 Å². The minimum atomic E-state index is 0.128. The standard InChI is InChI=1S/C13H20N2O/c14-7-6-13-11-15(8-9-16-13)10-12-4-2-1-3-5-12/h4,13H,1-3,5-6,8-11H2. The van der Waals surface area contributed by atoms with Gasteiger partial charge in [0.1, 0.15) is 0 Å². The van der Waals surface area contributed by atoms with Gasteiger partial charge < -0.3 is 4.74 Å². The number of nitriles is 1. The van der Waals surface area contributed by atoms with E-state index >= 15 is 0 Å². The summed E-state index contributed by atoms with van der Waals surface area (Å²) < 4.78 is 5.55. The molecule has 0 aromatic carbocycles. The summed E-state index contributed by atoms with van der Waals surface area (Å²) in [4.78, 5) is 2.43. The summed E-state index contributed by atoms with van der Waals surface area (Å²) in [7, 11) is 0. The lowest BCUT2D eigenvalue weighted by molar-refractivity contribution is -0.0225. The third-order valence-electron chi connectivity index (χ3n) is 3.35. The van der Waals surface area contributed by atoms with Gasteiger partial charge in [0, 0.05) is 19.6 Å². The second-order valence-electron chi connectivity index (χ2n) is 4.70. The van der Waals surface area contributed by atoms with E-state index in [1.165, 1.54) is 25.7 Å². The maximum atomic E-state index is 8.67. The summed E-state index contributed by atoms with van der Waals surface area (Å²) in [6.45, 7) is 3.80. The quantitative estimate of drug-likeness (QED) is 0.683. The van der Waals surface area contributed by atoms with Crippen molar-refractivity contribution in [2.24, 2.45) is 0 Å². The summed E-state index contributed by atoms with van der Waals surface area (Å²) in [6.07, 6.45) is 8.26. The van der Waals surface area contributed by atoms with E-state index < -0.39 is 0 Å². The van der Waals surface area contributed by atoms with Crippen LogP contribution in [-0.2, 0) is 4.74 Å². The average molecular weight is 220 g/mol. The van der Waals surface area contributed by atoms with Crippen molar-refractivity contribution >= 4 is 0 Å². The van der Waals surface area contributed by atoms with Gasteiger partial charge in [0.2, 0.25) is 0 Å². The van der Waals surface area contributed by atoms with Crippen molar-refractivity contribution in [3.05, 3.63) is 11.6 Å². The highest BCUT2D eigenvalue weighted by Crippen LogP contribution is 2.19. The molecule has 1 aliphatic heterocycles. The molecule has 1 atom stereocenters. The Morgan fingerprint density at radius 2 is 2.44 bits per heavy atom. The van der Waals surface area contributed by atoms with Crippen LogP contribution in [0.1, 0.15) is 32.1 Å². The molecule has 1 heterocycles. The summed E-state index contributed by atoms with van der Waals surface area (Å²) in [6, 6.07) is 2.20. The van der Waals surface area contributed by atoms with E-state index in [-0.39, 0.29) is 6.10 Å². The van der Waals surface area contributed by atoms with Crippen molar-refractivity contribution in [3.8, 4) is 6.07 Å². The molecule has 1 fully saturated rings. The van der Waals surface area contributed by atoms with Crippen LogP contribution in [0.2, 0.25) is 0 Å². The molecule has 0 bridgehead atoms. The molecule has 1 saturated heterocycles. The number of hydrogen-bond donors (Lipinski definition) is 0. The Morgan fingerprint density at radius 1 is 1.50 bits per heavy atom. The third-order valence-corrected chi connectivity index (χ3v) is 3.35. The lowest BCUT2D eigenvalue weighted by atomic mass is 9.99. The molecule has 0 amide bonds. The zero-order valence-electron chi connectivity index (χ0n) is 9.82. The lowest BCUT2D eigenvalue weighted by Crippen LogP contribution is -2.43. The van der Waals surface area contributed by atoms with E-state index in [4.69, 9.17) is 10.00 Å². The van der Waals surface area contributed by atoms with Crippen LogP contribution in [0, 0.1) is 11.3 Å². The first-order valence-corrected chi connectivity index (χ1v) is 6.27. The van der Waals surface area contributed by atoms with Crippen LogP contribution in [-0.4, -0.2) is 37.2 Å². The fourth-order valence-electron chi connectivity index (χ4n) is 2.48. The van der Waals surface area contributed by atoms with Gasteiger partial charge in [0.25, 0.3) is 0 Å². The van der Waals surface area contributed by atoms with Gasteiger partial charge in [0.05, 0.1) is 25.2 Å². The molecule has 0 saturated carbocycles. The maximum absolute atomic E-state index is 8.67. The summed E-state index contributed by atoms with van der Waals surface area (Å²) in [5, 5.41) is 8.67. The van der Waals surface area contributed by atoms with Crippen molar-refractivity contribution in [2.75, 3.05) is 26.2 Å². The highest BCUT2D eigenvalue weighted by atomic mass is 16.5. The topological polar surface area (TPSA) is 36.3 Å². The largest absolute Gasteiger partial charge is 0.374 e. The first-order chi connectivity index (χ1) is 7.88. The molecule has 16 heavy (non-hydrogen) atoms. The minimum absolute atomic E-state index is 0.128. The first kappa shape index (κ1) is 11.6. The van der Waals surface area contributed by atoms with Gasteiger partial charge in [-0.1, -0.05) is 11.6 Å². The molecule has 2 aliphatic rings. The Kier molecular flexibility index (Phi) is 4.38. The Labute approximate surface area is 97.7 Å². The number of ether oxygens (including phenoxy) is 1. The molecular formula is C13H20N2O. The average Bonchev–Trinajstić information content (AvgIpc) is 2.31. The van der Waals surface area contributed by atoms with Crippen molar-refractivity contribution in [1.82, 2.24) is 4.90 Å². The number of rotatable bonds is 3. The first-order valence-electron chi connectivity index (χ1n) is 6.27. The Bertz CT molecular complexity index is 293. The molecule has 0 radical (unpaired) electrons. The predicted octanol–water partition coefficient (Wildman–Crippen LogP) is 2.10. The van der Waals surface area contributed by atoms with Crippen LogP contribution in [0.15, 0.2) is 11.6 Å². The van der Waals surface area contributed by atoms with Crippen molar-refractivity contribution in [2.45, 2.75) is 38.2 Å². The van der Waals surface area contributed by atoms with Gasteiger partial charge in [-0.2, -0.15) is 5.26 Å². The number of morpholine rings is 1.